The fourth-order valence-corrected chi connectivity index (χ4v) is 4.44. The Hall–Kier alpha value is -5.51. The van der Waals surface area contributed by atoms with Gasteiger partial charge in [-0.2, -0.15) is 0 Å². The largest absolute Gasteiger partial charge is 0.507 e. The number of rotatable bonds is 21. The third-order valence-electron chi connectivity index (χ3n) is 7.15. The maximum absolute atomic E-state index is 13.1. The predicted molar refractivity (Wildman–Crippen MR) is 192 cm³/mol. The minimum Gasteiger partial charge on any atom is -0.507 e. The molecule has 1 amide bonds. The maximum Gasteiger partial charge on any atom is 0.347 e. The number of unbranched alkanes of at least 4 members (excludes halogenated alkanes) is 1. The van der Waals surface area contributed by atoms with Crippen LogP contribution in [0.2, 0.25) is 0 Å². The number of para-hydroxylation sites is 2. The number of amides is 1. The lowest BCUT2D eigenvalue weighted by Gasteiger charge is -2.17. The van der Waals surface area contributed by atoms with Gasteiger partial charge in [-0.25, -0.2) is 9.59 Å². The molecule has 266 valence electrons. The van der Waals surface area contributed by atoms with E-state index in [1.54, 1.807) is 0 Å². The molecule has 0 heterocycles. The Balaban J connectivity index is 1.83. The number of carboxylic acids is 1. The molecular formula is C40H47NO9. The molecule has 0 spiro atoms. The molecule has 0 radical (unpaired) electrons. The van der Waals surface area contributed by atoms with Gasteiger partial charge in [0.1, 0.15) is 23.1 Å². The summed E-state index contributed by atoms with van der Waals surface area (Å²) in [5, 5.41) is 21.5. The number of aromatic hydroxyl groups is 1. The number of esters is 3. The molecule has 3 N–H and O–H groups in total. The van der Waals surface area contributed by atoms with Gasteiger partial charge in [0.25, 0.3) is 5.91 Å². The van der Waals surface area contributed by atoms with Gasteiger partial charge in [0, 0.05) is 12.8 Å². The van der Waals surface area contributed by atoms with Crippen molar-refractivity contribution >= 4 is 29.8 Å². The van der Waals surface area contributed by atoms with Crippen LogP contribution in [0.25, 0.3) is 0 Å². The molecule has 1 atom stereocenters. The molecule has 2 aromatic carbocycles. The molecule has 0 aliphatic rings. The summed E-state index contributed by atoms with van der Waals surface area (Å²) in [4.78, 5) is 62.2. The summed E-state index contributed by atoms with van der Waals surface area (Å²) in [6.07, 6.45) is 23.7. The van der Waals surface area contributed by atoms with Crippen LogP contribution in [0.15, 0.2) is 109 Å². The zero-order valence-electron chi connectivity index (χ0n) is 28.7. The van der Waals surface area contributed by atoms with Gasteiger partial charge < -0.3 is 25.0 Å². The Bertz CT molecular complexity index is 1580. The van der Waals surface area contributed by atoms with Crippen molar-refractivity contribution in [2.24, 2.45) is 0 Å². The van der Waals surface area contributed by atoms with E-state index >= 15 is 0 Å². The number of carbonyl (C=O) groups is 5. The molecule has 0 saturated carbocycles. The molecule has 2 aromatic rings. The normalized spacial score (nSPS) is 12.5. The number of benzene rings is 2. The van der Waals surface area contributed by atoms with Gasteiger partial charge in [-0.05, 0) is 82.6 Å². The molecule has 0 aromatic heterocycles. The highest BCUT2D eigenvalue weighted by Gasteiger charge is 2.27. The molecule has 50 heavy (non-hydrogen) atoms. The number of nitrogens with one attached hydrogen (secondary N) is 1. The van der Waals surface area contributed by atoms with Gasteiger partial charge in [-0.3, -0.25) is 14.4 Å². The van der Waals surface area contributed by atoms with Gasteiger partial charge in [0.2, 0.25) is 0 Å². The van der Waals surface area contributed by atoms with Crippen molar-refractivity contribution < 1.29 is 43.7 Å². The van der Waals surface area contributed by atoms with E-state index < -0.39 is 42.2 Å². The Labute approximate surface area is 293 Å². The van der Waals surface area contributed by atoms with Gasteiger partial charge in [-0.15, -0.1) is 0 Å². The molecular weight excluding hydrogens is 638 g/mol. The summed E-state index contributed by atoms with van der Waals surface area (Å²) in [6.45, 7) is 4.23. The summed E-state index contributed by atoms with van der Waals surface area (Å²) in [7, 11) is 0. The van der Waals surface area contributed by atoms with Crippen LogP contribution < -0.4 is 10.1 Å². The number of hydrogen-bond donors (Lipinski definition) is 3. The standard InChI is InChI=1S/C40H47NO9/c1-3-4-5-6-8-11-14-21-30(2)22-15-12-9-7-10-13-16-27-37(45)50-40(48)33(28-29-36(43)44)41-38(46)32-24-18-20-26-35(32)49-39(47)31-23-17-19-25-34(31)42/h4-5,7-8,10-12,15,17-21,23-26,33,42H,3,6,9,13-14,16,22,27-29H2,1-2H3,(H,41,46)(H,43,44). The van der Waals surface area contributed by atoms with E-state index in [2.05, 4.69) is 61.7 Å². The Kier molecular flexibility index (Phi) is 19.3. The molecule has 1 unspecified atom stereocenters. The van der Waals surface area contributed by atoms with Crippen LogP contribution in [0.3, 0.4) is 0 Å². The topological polar surface area (TPSA) is 156 Å². The first-order valence-corrected chi connectivity index (χ1v) is 16.7. The summed E-state index contributed by atoms with van der Waals surface area (Å²) < 4.78 is 10.3. The molecule has 0 aliphatic heterocycles. The molecule has 10 heteroatoms. The van der Waals surface area contributed by atoms with E-state index in [4.69, 9.17) is 14.6 Å². The van der Waals surface area contributed by atoms with Crippen molar-refractivity contribution in [3.05, 3.63) is 120 Å². The number of carbonyl (C=O) groups excluding carboxylic acids is 4. The smallest absolute Gasteiger partial charge is 0.347 e. The zero-order valence-corrected chi connectivity index (χ0v) is 28.7. The summed E-state index contributed by atoms with van der Waals surface area (Å²) in [5.74, 6) is -5.37. The average Bonchev–Trinajstić information content (AvgIpc) is 3.09. The number of phenols is 1. The predicted octanol–water partition coefficient (Wildman–Crippen LogP) is 7.96. The summed E-state index contributed by atoms with van der Waals surface area (Å²) >= 11 is 0. The quantitative estimate of drug-likeness (QED) is 0.0390. The van der Waals surface area contributed by atoms with Crippen LogP contribution in [0.5, 0.6) is 11.5 Å². The first-order chi connectivity index (χ1) is 24.1. The van der Waals surface area contributed by atoms with Crippen LogP contribution in [0, 0.1) is 0 Å². The average molecular weight is 686 g/mol. The van der Waals surface area contributed by atoms with Crippen LogP contribution >= 0.6 is 0 Å². The van der Waals surface area contributed by atoms with Crippen LogP contribution in [-0.4, -0.2) is 46.0 Å². The SMILES string of the molecule is CCC=CCC=CCC=C(C)CC=CCC=CCCCC(=O)OC(=O)C(CCC(=O)O)NC(=O)c1ccccc1OC(=O)c1ccccc1O. The van der Waals surface area contributed by atoms with Crippen molar-refractivity contribution in [2.45, 2.75) is 84.1 Å². The van der Waals surface area contributed by atoms with Gasteiger partial charge in [-0.1, -0.05) is 91.4 Å². The Morgan fingerprint density at radius 2 is 1.44 bits per heavy atom. The van der Waals surface area contributed by atoms with E-state index in [0.29, 0.717) is 12.8 Å². The van der Waals surface area contributed by atoms with E-state index in [0.717, 1.165) is 32.1 Å². The highest BCUT2D eigenvalue weighted by atomic mass is 16.6. The minimum atomic E-state index is -1.46. The zero-order chi connectivity index (χ0) is 36.6. The van der Waals surface area contributed by atoms with E-state index in [1.165, 1.54) is 54.1 Å². The molecule has 0 saturated heterocycles. The highest BCUT2D eigenvalue weighted by molar-refractivity contribution is 6.01. The minimum absolute atomic E-state index is 0.0516. The monoisotopic (exact) mass is 685 g/mol. The second-order valence-electron chi connectivity index (χ2n) is 11.3. The van der Waals surface area contributed by atoms with E-state index in [1.807, 2.05) is 12.2 Å². The highest BCUT2D eigenvalue weighted by Crippen LogP contribution is 2.23. The molecule has 0 bridgehead atoms. The lowest BCUT2D eigenvalue weighted by Crippen LogP contribution is -2.43. The number of allylic oxidation sites excluding steroid dienone is 10. The summed E-state index contributed by atoms with van der Waals surface area (Å²) in [5.41, 5.74) is 1.04. The number of phenolic OH excluding ortho intramolecular Hbond substituents is 1. The van der Waals surface area contributed by atoms with Crippen molar-refractivity contribution in [3.8, 4) is 11.5 Å². The molecule has 0 fully saturated rings. The first kappa shape index (κ1) is 40.7. The number of ether oxygens (including phenoxy) is 2. The molecule has 2 rings (SSSR count). The van der Waals surface area contributed by atoms with Gasteiger partial charge in [0.05, 0.1) is 5.56 Å². The number of carboxylic acid groups (broad SMARTS) is 1. The van der Waals surface area contributed by atoms with E-state index in [-0.39, 0.29) is 35.5 Å². The number of aliphatic carboxylic acids is 1. The fraction of sp³-hybridized carbons (Fsp3) is 0.325. The third kappa shape index (κ3) is 16.5. The second kappa shape index (κ2) is 23.8. The maximum atomic E-state index is 13.1. The molecule has 10 nitrogen and oxygen atoms in total. The van der Waals surface area contributed by atoms with Crippen LogP contribution in [0.4, 0.5) is 0 Å². The summed E-state index contributed by atoms with van der Waals surface area (Å²) in [6, 6.07) is 9.95. The second-order valence-corrected chi connectivity index (χ2v) is 11.3. The Morgan fingerprint density at radius 1 is 0.800 bits per heavy atom. The van der Waals surface area contributed by atoms with E-state index in [9.17, 15) is 29.1 Å². The van der Waals surface area contributed by atoms with Crippen molar-refractivity contribution in [2.75, 3.05) is 0 Å². The number of hydrogen-bond acceptors (Lipinski definition) is 8. The lowest BCUT2D eigenvalue weighted by atomic mass is 10.1. The third-order valence-corrected chi connectivity index (χ3v) is 7.15. The van der Waals surface area contributed by atoms with Crippen LogP contribution in [0.1, 0.15) is 98.8 Å². The van der Waals surface area contributed by atoms with Gasteiger partial charge >= 0.3 is 23.9 Å². The molecule has 0 aliphatic carbocycles. The van der Waals surface area contributed by atoms with Crippen molar-refractivity contribution in [1.82, 2.24) is 5.32 Å². The van der Waals surface area contributed by atoms with Crippen molar-refractivity contribution in [1.29, 1.82) is 0 Å². The van der Waals surface area contributed by atoms with Crippen molar-refractivity contribution in [3.63, 3.8) is 0 Å². The van der Waals surface area contributed by atoms with Crippen LogP contribution in [-0.2, 0) is 19.1 Å². The fourth-order valence-electron chi connectivity index (χ4n) is 4.44. The lowest BCUT2D eigenvalue weighted by molar-refractivity contribution is -0.161. The first-order valence-electron chi connectivity index (χ1n) is 16.7. The Morgan fingerprint density at radius 3 is 2.16 bits per heavy atom. The van der Waals surface area contributed by atoms with Gasteiger partial charge in [0.15, 0.2) is 0 Å².